The van der Waals surface area contributed by atoms with E-state index in [9.17, 15) is 4.79 Å². The van der Waals surface area contributed by atoms with E-state index >= 15 is 0 Å². The van der Waals surface area contributed by atoms with Crippen LogP contribution in [0.15, 0.2) is 54.6 Å². The Kier molecular flexibility index (Phi) is 3.83. The summed E-state index contributed by atoms with van der Waals surface area (Å²) in [5, 5.41) is 8.52. The predicted molar refractivity (Wildman–Crippen MR) is 74.0 cm³/mol. The van der Waals surface area contributed by atoms with Crippen molar-refractivity contribution in [2.24, 2.45) is 0 Å². The van der Waals surface area contributed by atoms with Crippen molar-refractivity contribution in [1.82, 2.24) is 0 Å². The summed E-state index contributed by atoms with van der Waals surface area (Å²) >= 11 is 0. The highest BCUT2D eigenvalue weighted by Crippen LogP contribution is 2.22. The van der Waals surface area contributed by atoms with Crippen molar-refractivity contribution in [3.05, 3.63) is 60.2 Å². The van der Waals surface area contributed by atoms with Crippen LogP contribution in [0, 0.1) is 0 Å². The fourth-order valence-electron chi connectivity index (χ4n) is 1.49. The van der Waals surface area contributed by atoms with E-state index in [1.54, 1.807) is 48.5 Å². The molecule has 2 aromatic rings. The summed E-state index contributed by atoms with van der Waals surface area (Å²) in [7, 11) is 0. The Morgan fingerprint density at radius 1 is 1.00 bits per heavy atom. The second-order valence-electron chi connectivity index (χ2n) is 3.91. The zero-order chi connectivity index (χ0) is 13.7. The van der Waals surface area contributed by atoms with Crippen LogP contribution < -0.4 is 10.5 Å². The molecule has 0 atom stereocenters. The summed E-state index contributed by atoms with van der Waals surface area (Å²) in [4.78, 5) is 10.4. The zero-order valence-electron chi connectivity index (χ0n) is 10.1. The van der Waals surface area contributed by atoms with Gasteiger partial charge < -0.3 is 15.6 Å². The van der Waals surface area contributed by atoms with E-state index in [4.69, 9.17) is 15.6 Å². The molecule has 0 bridgehead atoms. The molecule has 0 aliphatic carbocycles. The fourth-order valence-corrected chi connectivity index (χ4v) is 1.49. The molecule has 19 heavy (non-hydrogen) atoms. The van der Waals surface area contributed by atoms with Crippen LogP contribution in [0.5, 0.6) is 11.5 Å². The van der Waals surface area contributed by atoms with Crippen molar-refractivity contribution >= 4 is 17.7 Å². The number of nitrogen functional groups attached to an aromatic ring is 1. The van der Waals surface area contributed by atoms with Crippen molar-refractivity contribution in [2.45, 2.75) is 0 Å². The van der Waals surface area contributed by atoms with Crippen LogP contribution in [0.2, 0.25) is 0 Å². The van der Waals surface area contributed by atoms with Crippen molar-refractivity contribution in [2.75, 3.05) is 5.73 Å². The number of benzene rings is 2. The topological polar surface area (TPSA) is 72.5 Å². The highest BCUT2D eigenvalue weighted by Gasteiger charge is 1.97. The molecule has 0 radical (unpaired) electrons. The van der Waals surface area contributed by atoms with E-state index in [1.165, 1.54) is 6.08 Å². The SMILES string of the molecule is Nc1ccc(Oc2ccc(/C=C/C(=O)O)cc2)cc1. The van der Waals surface area contributed by atoms with Gasteiger partial charge in [0.05, 0.1) is 0 Å². The van der Waals surface area contributed by atoms with Gasteiger partial charge in [0.2, 0.25) is 0 Å². The minimum Gasteiger partial charge on any atom is -0.478 e. The van der Waals surface area contributed by atoms with Crippen molar-refractivity contribution in [1.29, 1.82) is 0 Å². The van der Waals surface area contributed by atoms with E-state index in [-0.39, 0.29) is 0 Å². The largest absolute Gasteiger partial charge is 0.478 e. The fraction of sp³-hybridized carbons (Fsp3) is 0. The number of nitrogens with two attached hydrogens (primary N) is 1. The molecule has 0 saturated carbocycles. The number of ether oxygens (including phenoxy) is 1. The van der Waals surface area contributed by atoms with Gasteiger partial charge in [0.15, 0.2) is 0 Å². The number of carboxylic acids is 1. The molecular weight excluding hydrogens is 242 g/mol. The summed E-state index contributed by atoms with van der Waals surface area (Å²) in [5.41, 5.74) is 7.07. The Balaban J connectivity index is 2.06. The minimum absolute atomic E-state index is 0.678. The number of hydrogen-bond donors (Lipinski definition) is 2. The van der Waals surface area contributed by atoms with Gasteiger partial charge in [-0.05, 0) is 48.0 Å². The second-order valence-corrected chi connectivity index (χ2v) is 3.91. The first-order chi connectivity index (χ1) is 9.13. The third-order valence-electron chi connectivity index (χ3n) is 2.41. The Hall–Kier alpha value is -2.75. The predicted octanol–water partition coefficient (Wildman–Crippen LogP) is 3.16. The molecule has 0 saturated heterocycles. The smallest absolute Gasteiger partial charge is 0.328 e. The van der Waals surface area contributed by atoms with Crippen LogP contribution in [0.3, 0.4) is 0 Å². The van der Waals surface area contributed by atoms with E-state index in [0.29, 0.717) is 17.2 Å². The van der Waals surface area contributed by atoms with Gasteiger partial charge in [0, 0.05) is 11.8 Å². The summed E-state index contributed by atoms with van der Waals surface area (Å²) in [6.45, 7) is 0. The first kappa shape index (κ1) is 12.7. The quantitative estimate of drug-likeness (QED) is 0.650. The molecule has 2 aromatic carbocycles. The third kappa shape index (κ3) is 3.89. The average molecular weight is 255 g/mol. The molecule has 0 aliphatic heterocycles. The standard InChI is InChI=1S/C15H13NO3/c16-12-4-8-14(9-5-12)19-13-6-1-11(2-7-13)3-10-15(17)18/h1-10H,16H2,(H,17,18)/b10-3+. The molecule has 0 spiro atoms. The van der Waals surface area contributed by atoms with Gasteiger partial charge in [-0.15, -0.1) is 0 Å². The van der Waals surface area contributed by atoms with E-state index in [0.717, 1.165) is 11.6 Å². The first-order valence-corrected chi connectivity index (χ1v) is 5.68. The number of rotatable bonds is 4. The lowest BCUT2D eigenvalue weighted by Crippen LogP contribution is -1.87. The van der Waals surface area contributed by atoms with Gasteiger partial charge in [-0.25, -0.2) is 4.79 Å². The molecule has 0 unspecified atom stereocenters. The normalized spacial score (nSPS) is 10.5. The van der Waals surface area contributed by atoms with Crippen molar-refractivity contribution in [3.8, 4) is 11.5 Å². The second kappa shape index (κ2) is 5.73. The summed E-state index contributed by atoms with van der Waals surface area (Å²) in [6, 6.07) is 14.2. The molecule has 0 amide bonds. The lowest BCUT2D eigenvalue weighted by Gasteiger charge is -2.06. The molecule has 96 valence electrons. The first-order valence-electron chi connectivity index (χ1n) is 5.68. The number of anilines is 1. The van der Waals surface area contributed by atoms with Crippen LogP contribution >= 0.6 is 0 Å². The van der Waals surface area contributed by atoms with Crippen LogP contribution in [-0.4, -0.2) is 11.1 Å². The number of carboxylic acid groups (broad SMARTS) is 1. The lowest BCUT2D eigenvalue weighted by atomic mass is 10.2. The Morgan fingerprint density at radius 3 is 2.05 bits per heavy atom. The van der Waals surface area contributed by atoms with Crippen LogP contribution in [0.4, 0.5) is 5.69 Å². The van der Waals surface area contributed by atoms with Gasteiger partial charge >= 0.3 is 5.97 Å². The van der Waals surface area contributed by atoms with Crippen LogP contribution in [0.25, 0.3) is 6.08 Å². The number of carbonyl (C=O) groups is 1. The highest BCUT2D eigenvalue weighted by molar-refractivity contribution is 5.85. The molecular formula is C15H13NO3. The van der Waals surface area contributed by atoms with Crippen molar-refractivity contribution < 1.29 is 14.6 Å². The Labute approximate surface area is 110 Å². The Bertz CT molecular complexity index is 586. The van der Waals surface area contributed by atoms with Crippen molar-refractivity contribution in [3.63, 3.8) is 0 Å². The average Bonchev–Trinajstić information content (AvgIpc) is 2.40. The van der Waals surface area contributed by atoms with Crippen LogP contribution in [-0.2, 0) is 4.79 Å². The van der Waals surface area contributed by atoms with E-state index < -0.39 is 5.97 Å². The summed E-state index contributed by atoms with van der Waals surface area (Å²) in [6.07, 6.45) is 2.62. The summed E-state index contributed by atoms with van der Waals surface area (Å²) in [5.74, 6) is 0.405. The Morgan fingerprint density at radius 2 is 1.53 bits per heavy atom. The van der Waals surface area contributed by atoms with Crippen LogP contribution in [0.1, 0.15) is 5.56 Å². The molecule has 2 rings (SSSR count). The monoisotopic (exact) mass is 255 g/mol. The molecule has 0 fully saturated rings. The van der Waals surface area contributed by atoms with Gasteiger partial charge in [-0.1, -0.05) is 12.1 Å². The number of hydrogen-bond acceptors (Lipinski definition) is 3. The van der Waals surface area contributed by atoms with E-state index in [1.807, 2.05) is 0 Å². The van der Waals surface area contributed by atoms with Gasteiger partial charge in [0.1, 0.15) is 11.5 Å². The van der Waals surface area contributed by atoms with Gasteiger partial charge in [0.25, 0.3) is 0 Å². The maximum atomic E-state index is 10.4. The molecule has 0 heterocycles. The number of aliphatic carboxylic acids is 1. The molecule has 4 heteroatoms. The third-order valence-corrected chi connectivity index (χ3v) is 2.41. The van der Waals surface area contributed by atoms with Gasteiger partial charge in [-0.3, -0.25) is 0 Å². The lowest BCUT2D eigenvalue weighted by molar-refractivity contribution is -0.131. The molecule has 4 nitrogen and oxygen atoms in total. The summed E-state index contributed by atoms with van der Waals surface area (Å²) < 4.78 is 5.62. The minimum atomic E-state index is -0.970. The zero-order valence-corrected chi connectivity index (χ0v) is 10.1. The highest BCUT2D eigenvalue weighted by atomic mass is 16.5. The maximum absolute atomic E-state index is 10.4. The van der Waals surface area contributed by atoms with Gasteiger partial charge in [-0.2, -0.15) is 0 Å². The molecule has 0 aromatic heterocycles. The maximum Gasteiger partial charge on any atom is 0.328 e. The molecule has 3 N–H and O–H groups in total. The van der Waals surface area contributed by atoms with E-state index in [2.05, 4.69) is 0 Å². The molecule has 0 aliphatic rings.